The number of nitrogens with zero attached hydrogens (tertiary/aromatic N) is 1. The van der Waals surface area contributed by atoms with Crippen molar-refractivity contribution in [3.8, 4) is 0 Å². The number of sulfonamides is 1. The molecular formula is C24H30N2O3S. The summed E-state index contributed by atoms with van der Waals surface area (Å²) < 4.78 is 27.4. The smallest absolute Gasteiger partial charge is 0.243 e. The molecule has 2 aromatic carbocycles. The van der Waals surface area contributed by atoms with Crippen molar-refractivity contribution in [2.24, 2.45) is 0 Å². The van der Waals surface area contributed by atoms with Crippen LogP contribution in [0.2, 0.25) is 0 Å². The molecule has 1 aliphatic carbocycles. The molecule has 2 aromatic rings. The van der Waals surface area contributed by atoms with Gasteiger partial charge in [0.1, 0.15) is 0 Å². The van der Waals surface area contributed by atoms with Crippen molar-refractivity contribution in [3.63, 3.8) is 0 Å². The van der Waals surface area contributed by atoms with E-state index in [1.54, 1.807) is 16.4 Å². The third kappa shape index (κ3) is 4.76. The first-order valence-electron chi connectivity index (χ1n) is 11.0. The number of amides is 1. The SMILES string of the molecule is O=C(CCc1ccc(S(=O)(=O)N2CCCCCC2)cc1)NC1CCc2ccccc21. The number of benzene rings is 2. The van der Waals surface area contributed by atoms with Gasteiger partial charge in [0.2, 0.25) is 15.9 Å². The lowest BCUT2D eigenvalue weighted by molar-refractivity contribution is -0.121. The highest BCUT2D eigenvalue weighted by Crippen LogP contribution is 2.30. The number of rotatable bonds is 6. The Labute approximate surface area is 179 Å². The van der Waals surface area contributed by atoms with Crippen molar-refractivity contribution in [1.29, 1.82) is 0 Å². The fraction of sp³-hybridized carbons (Fsp3) is 0.458. The zero-order chi connectivity index (χ0) is 21.0. The molecular weight excluding hydrogens is 396 g/mol. The maximum Gasteiger partial charge on any atom is 0.243 e. The van der Waals surface area contributed by atoms with Gasteiger partial charge in [0, 0.05) is 19.5 Å². The largest absolute Gasteiger partial charge is 0.349 e. The first-order chi connectivity index (χ1) is 14.5. The summed E-state index contributed by atoms with van der Waals surface area (Å²) in [6.07, 6.45) is 7.01. The van der Waals surface area contributed by atoms with Crippen molar-refractivity contribution in [2.75, 3.05) is 13.1 Å². The summed E-state index contributed by atoms with van der Waals surface area (Å²) in [5.41, 5.74) is 3.53. The van der Waals surface area contributed by atoms with Crippen molar-refractivity contribution in [1.82, 2.24) is 9.62 Å². The molecule has 0 radical (unpaired) electrons. The summed E-state index contributed by atoms with van der Waals surface area (Å²) in [6, 6.07) is 15.4. The number of nitrogens with one attached hydrogen (secondary N) is 1. The quantitative estimate of drug-likeness (QED) is 0.760. The maximum atomic E-state index is 12.9. The molecule has 5 nitrogen and oxygen atoms in total. The summed E-state index contributed by atoms with van der Waals surface area (Å²) in [7, 11) is -3.42. The molecule has 160 valence electrons. The third-order valence-electron chi connectivity index (χ3n) is 6.23. The lowest BCUT2D eigenvalue weighted by Crippen LogP contribution is -2.31. The van der Waals surface area contributed by atoms with Crippen LogP contribution in [0.3, 0.4) is 0 Å². The Hall–Kier alpha value is -2.18. The predicted molar refractivity (Wildman–Crippen MR) is 118 cm³/mol. The van der Waals surface area contributed by atoms with E-state index < -0.39 is 10.0 Å². The normalized spacial score (nSPS) is 19.8. The average Bonchev–Trinajstić information content (AvgIpc) is 2.97. The number of fused-ring (bicyclic) bond motifs is 1. The van der Waals surface area contributed by atoms with Crippen LogP contribution >= 0.6 is 0 Å². The second-order valence-corrected chi connectivity index (χ2v) is 10.3. The molecule has 1 atom stereocenters. The Kier molecular flexibility index (Phi) is 6.54. The molecule has 30 heavy (non-hydrogen) atoms. The maximum absolute atomic E-state index is 12.9. The van der Waals surface area contributed by atoms with Crippen LogP contribution in [-0.4, -0.2) is 31.7 Å². The zero-order valence-corrected chi connectivity index (χ0v) is 18.2. The van der Waals surface area contributed by atoms with E-state index >= 15 is 0 Å². The van der Waals surface area contributed by atoms with Crippen molar-refractivity contribution in [3.05, 3.63) is 65.2 Å². The first-order valence-corrected chi connectivity index (χ1v) is 12.4. The van der Waals surface area contributed by atoms with E-state index in [4.69, 9.17) is 0 Å². The number of carbonyl (C=O) groups excluding carboxylic acids is 1. The summed E-state index contributed by atoms with van der Waals surface area (Å²) in [6.45, 7) is 1.21. The molecule has 1 heterocycles. The Bertz CT molecular complexity index is 978. The minimum absolute atomic E-state index is 0.0398. The lowest BCUT2D eigenvalue weighted by atomic mass is 10.1. The van der Waals surface area contributed by atoms with Crippen molar-refractivity contribution >= 4 is 15.9 Å². The molecule has 0 saturated carbocycles. The second-order valence-electron chi connectivity index (χ2n) is 8.32. The second kappa shape index (κ2) is 9.31. The van der Waals surface area contributed by atoms with E-state index in [1.807, 2.05) is 24.3 Å². The average molecular weight is 427 g/mol. The molecule has 1 saturated heterocycles. The molecule has 4 rings (SSSR count). The summed E-state index contributed by atoms with van der Waals surface area (Å²) in [5, 5.41) is 3.15. The fourth-order valence-electron chi connectivity index (χ4n) is 4.49. The van der Waals surface area contributed by atoms with E-state index in [1.165, 1.54) is 11.1 Å². The van der Waals surface area contributed by atoms with Gasteiger partial charge >= 0.3 is 0 Å². The van der Waals surface area contributed by atoms with E-state index in [-0.39, 0.29) is 11.9 Å². The van der Waals surface area contributed by atoms with E-state index in [9.17, 15) is 13.2 Å². The minimum atomic E-state index is -3.42. The summed E-state index contributed by atoms with van der Waals surface area (Å²) >= 11 is 0. The van der Waals surface area contributed by atoms with Crippen molar-refractivity contribution in [2.45, 2.75) is 62.3 Å². The number of hydrogen-bond donors (Lipinski definition) is 1. The van der Waals surface area contributed by atoms with E-state index in [0.29, 0.717) is 30.8 Å². The van der Waals surface area contributed by atoms with Gasteiger partial charge in [-0.15, -0.1) is 0 Å². The monoisotopic (exact) mass is 426 g/mol. The van der Waals surface area contributed by atoms with Gasteiger partial charge in [0.05, 0.1) is 10.9 Å². The van der Waals surface area contributed by atoms with Crippen LogP contribution in [0.25, 0.3) is 0 Å². The van der Waals surface area contributed by atoms with Crippen LogP contribution in [0.1, 0.15) is 61.3 Å². The highest BCUT2D eigenvalue weighted by Gasteiger charge is 2.25. The molecule has 6 heteroatoms. The fourth-order valence-corrected chi connectivity index (χ4v) is 6.01. The summed E-state index contributed by atoms with van der Waals surface area (Å²) in [5.74, 6) is 0.0398. The van der Waals surface area contributed by atoms with Crippen LogP contribution in [0, 0.1) is 0 Å². The molecule has 1 unspecified atom stereocenters. The van der Waals surface area contributed by atoms with Crippen molar-refractivity contribution < 1.29 is 13.2 Å². The van der Waals surface area contributed by atoms with Crippen LogP contribution in [-0.2, 0) is 27.7 Å². The predicted octanol–water partition coefficient (Wildman–Crippen LogP) is 3.99. The number of aryl methyl sites for hydroxylation is 2. The first kappa shape index (κ1) is 21.1. The molecule has 1 fully saturated rings. The van der Waals surface area contributed by atoms with Gasteiger partial charge in [-0.2, -0.15) is 4.31 Å². The number of hydrogen-bond acceptors (Lipinski definition) is 3. The topological polar surface area (TPSA) is 66.5 Å². The van der Waals surface area contributed by atoms with Crippen LogP contribution in [0.4, 0.5) is 0 Å². The Balaban J connectivity index is 1.32. The van der Waals surface area contributed by atoms with Gasteiger partial charge in [0.15, 0.2) is 0 Å². The van der Waals surface area contributed by atoms with Gasteiger partial charge in [-0.05, 0) is 60.9 Å². The van der Waals surface area contributed by atoms with Gasteiger partial charge in [-0.1, -0.05) is 49.2 Å². The van der Waals surface area contributed by atoms with E-state index in [2.05, 4.69) is 17.4 Å². The van der Waals surface area contributed by atoms with Crippen LogP contribution < -0.4 is 5.32 Å². The van der Waals surface area contributed by atoms with Gasteiger partial charge in [-0.3, -0.25) is 4.79 Å². The standard InChI is InChI=1S/C24H30N2O3S/c27-24(25-23-15-12-20-7-3-4-8-22(20)23)16-11-19-9-13-21(14-10-19)30(28,29)26-17-5-1-2-6-18-26/h3-4,7-10,13-14,23H,1-2,5-6,11-12,15-18H2,(H,25,27). The molecule has 0 aromatic heterocycles. The molecule has 0 bridgehead atoms. The van der Waals surface area contributed by atoms with E-state index in [0.717, 1.165) is 44.1 Å². The Morgan fingerprint density at radius 1 is 0.967 bits per heavy atom. The molecule has 1 aliphatic heterocycles. The summed E-state index contributed by atoms with van der Waals surface area (Å²) in [4.78, 5) is 12.8. The Morgan fingerprint density at radius 3 is 2.40 bits per heavy atom. The zero-order valence-electron chi connectivity index (χ0n) is 17.3. The van der Waals surface area contributed by atoms with Crippen LogP contribution in [0.15, 0.2) is 53.4 Å². The lowest BCUT2D eigenvalue weighted by Gasteiger charge is -2.20. The third-order valence-corrected chi connectivity index (χ3v) is 8.15. The highest BCUT2D eigenvalue weighted by molar-refractivity contribution is 7.89. The van der Waals surface area contributed by atoms with Gasteiger partial charge in [0.25, 0.3) is 0 Å². The number of carbonyl (C=O) groups is 1. The molecule has 1 N–H and O–H groups in total. The van der Waals surface area contributed by atoms with Crippen LogP contribution in [0.5, 0.6) is 0 Å². The molecule has 1 amide bonds. The molecule has 2 aliphatic rings. The van der Waals surface area contributed by atoms with Gasteiger partial charge < -0.3 is 5.32 Å². The minimum Gasteiger partial charge on any atom is -0.349 e. The molecule has 0 spiro atoms. The van der Waals surface area contributed by atoms with Gasteiger partial charge in [-0.25, -0.2) is 8.42 Å². The Morgan fingerprint density at radius 2 is 1.67 bits per heavy atom. The highest BCUT2D eigenvalue weighted by atomic mass is 32.2.